The van der Waals surface area contributed by atoms with Gasteiger partial charge in [0.15, 0.2) is 0 Å². The van der Waals surface area contributed by atoms with Gasteiger partial charge in [-0.3, -0.25) is 4.98 Å². The summed E-state index contributed by atoms with van der Waals surface area (Å²) < 4.78 is 38.1. The Morgan fingerprint density at radius 2 is 1.94 bits per heavy atom. The van der Waals surface area contributed by atoms with Crippen molar-refractivity contribution in [2.24, 2.45) is 0 Å². The molecule has 0 spiro atoms. The molecule has 17 heavy (non-hydrogen) atoms. The van der Waals surface area contributed by atoms with E-state index in [1.165, 1.54) is 12.4 Å². The van der Waals surface area contributed by atoms with Crippen LogP contribution in [0.2, 0.25) is 0 Å². The van der Waals surface area contributed by atoms with Gasteiger partial charge < -0.3 is 10.6 Å². The van der Waals surface area contributed by atoms with Crippen LogP contribution in [0.5, 0.6) is 0 Å². The van der Waals surface area contributed by atoms with Crippen molar-refractivity contribution in [2.45, 2.75) is 31.5 Å². The number of rotatable bonds is 4. The molecule has 1 aliphatic rings. The second kappa shape index (κ2) is 4.05. The lowest BCUT2D eigenvalue weighted by Gasteiger charge is -2.21. The lowest BCUT2D eigenvalue weighted by molar-refractivity contribution is -0.151. The summed E-state index contributed by atoms with van der Waals surface area (Å²) in [7, 11) is 0. The van der Waals surface area contributed by atoms with Gasteiger partial charge in [-0.2, -0.15) is 13.2 Å². The van der Waals surface area contributed by atoms with Crippen LogP contribution in [-0.4, -0.2) is 28.2 Å². The van der Waals surface area contributed by atoms with Gasteiger partial charge >= 0.3 is 6.18 Å². The van der Waals surface area contributed by atoms with Gasteiger partial charge in [-0.15, -0.1) is 0 Å². The fourth-order valence-corrected chi connectivity index (χ4v) is 1.54. The van der Waals surface area contributed by atoms with Crippen LogP contribution in [0.15, 0.2) is 12.4 Å². The summed E-state index contributed by atoms with van der Waals surface area (Å²) in [5.74, 6) is 0.619. The van der Waals surface area contributed by atoms with Gasteiger partial charge in [0, 0.05) is 6.54 Å². The molecule has 0 bridgehead atoms. The van der Waals surface area contributed by atoms with E-state index in [0.717, 1.165) is 0 Å². The van der Waals surface area contributed by atoms with Crippen LogP contribution in [-0.2, 0) is 0 Å². The van der Waals surface area contributed by atoms with Crippen LogP contribution in [0.3, 0.4) is 0 Å². The zero-order valence-corrected chi connectivity index (χ0v) is 9.30. The maximum atomic E-state index is 12.7. The van der Waals surface area contributed by atoms with Crippen molar-refractivity contribution >= 4 is 11.6 Å². The molecule has 1 aromatic rings. The highest BCUT2D eigenvalue weighted by atomic mass is 19.4. The van der Waals surface area contributed by atoms with Gasteiger partial charge in [-0.25, -0.2) is 4.98 Å². The van der Waals surface area contributed by atoms with Gasteiger partial charge in [0.25, 0.3) is 0 Å². The molecule has 0 amide bonds. The number of halogens is 3. The number of hydrogen-bond donors (Lipinski definition) is 2. The molecule has 0 atom stereocenters. The first-order valence-electron chi connectivity index (χ1n) is 5.38. The largest absolute Gasteiger partial charge is 0.411 e. The zero-order chi connectivity index (χ0) is 12.5. The van der Waals surface area contributed by atoms with Gasteiger partial charge in [0.1, 0.15) is 17.2 Å². The molecule has 1 saturated carbocycles. The Kier molecular flexibility index (Phi) is 2.84. The van der Waals surface area contributed by atoms with Gasteiger partial charge in [-0.05, 0) is 19.8 Å². The molecule has 0 aromatic carbocycles. The van der Waals surface area contributed by atoms with Crippen LogP contribution >= 0.6 is 0 Å². The highest BCUT2D eigenvalue weighted by Crippen LogP contribution is 2.50. The Labute approximate surface area is 96.7 Å². The van der Waals surface area contributed by atoms with Crippen molar-refractivity contribution in [1.82, 2.24) is 9.97 Å². The first kappa shape index (κ1) is 11.9. The summed E-state index contributed by atoms with van der Waals surface area (Å²) in [4.78, 5) is 7.86. The summed E-state index contributed by atoms with van der Waals surface area (Å²) in [6.45, 7) is 2.52. The molecule has 1 fully saturated rings. The predicted molar refractivity (Wildman–Crippen MR) is 57.8 cm³/mol. The third-order valence-corrected chi connectivity index (χ3v) is 2.65. The summed E-state index contributed by atoms with van der Waals surface area (Å²) in [5, 5.41) is 5.33. The molecule has 7 heteroatoms. The van der Waals surface area contributed by atoms with Gasteiger partial charge in [0.05, 0.1) is 12.4 Å². The number of nitrogens with zero attached hydrogens (tertiary/aromatic N) is 2. The van der Waals surface area contributed by atoms with Crippen molar-refractivity contribution in [3.05, 3.63) is 12.4 Å². The molecule has 0 aliphatic heterocycles. The number of nitrogens with one attached hydrogen (secondary N) is 2. The lowest BCUT2D eigenvalue weighted by Crippen LogP contribution is -2.39. The van der Waals surface area contributed by atoms with E-state index >= 15 is 0 Å². The third kappa shape index (κ3) is 2.42. The molecule has 0 unspecified atom stereocenters. The van der Waals surface area contributed by atoms with Gasteiger partial charge in [0.2, 0.25) is 0 Å². The molecule has 0 saturated heterocycles. The summed E-state index contributed by atoms with van der Waals surface area (Å²) in [6.07, 6.45) is -1.30. The summed E-state index contributed by atoms with van der Waals surface area (Å²) in [5.41, 5.74) is -1.80. The van der Waals surface area contributed by atoms with Crippen LogP contribution in [0, 0.1) is 0 Å². The minimum atomic E-state index is -4.25. The zero-order valence-electron chi connectivity index (χ0n) is 9.30. The van der Waals surface area contributed by atoms with Crippen LogP contribution in [0.1, 0.15) is 19.8 Å². The second-order valence-electron chi connectivity index (χ2n) is 4.02. The normalized spacial score (nSPS) is 17.6. The standard InChI is InChI=1S/C10H13F3N4/c1-2-15-7-5-14-6-8(16-7)17-9(3-4-9)10(11,12)13/h5-6H,2-4H2,1H3,(H2,15,16,17). The fraction of sp³-hybridized carbons (Fsp3) is 0.600. The van der Waals surface area contributed by atoms with Crippen molar-refractivity contribution in [3.63, 3.8) is 0 Å². The maximum Gasteiger partial charge on any atom is 0.411 e. The molecule has 0 radical (unpaired) electrons. The monoisotopic (exact) mass is 246 g/mol. The average molecular weight is 246 g/mol. The Balaban J connectivity index is 2.11. The maximum absolute atomic E-state index is 12.7. The van der Waals surface area contributed by atoms with Gasteiger partial charge in [-0.1, -0.05) is 0 Å². The van der Waals surface area contributed by atoms with Crippen molar-refractivity contribution in [2.75, 3.05) is 17.2 Å². The van der Waals surface area contributed by atoms with Crippen LogP contribution in [0.25, 0.3) is 0 Å². The molecule has 2 N–H and O–H groups in total. The SMILES string of the molecule is CCNc1cncc(NC2(C(F)(F)F)CC2)n1. The summed E-state index contributed by atoms with van der Waals surface area (Å²) >= 11 is 0. The number of aromatic nitrogens is 2. The lowest BCUT2D eigenvalue weighted by atomic mass is 10.2. The molecular weight excluding hydrogens is 233 g/mol. The number of anilines is 2. The van der Waals surface area contributed by atoms with E-state index in [2.05, 4.69) is 20.6 Å². The molecule has 1 aromatic heterocycles. The Morgan fingerprint density at radius 3 is 2.47 bits per heavy atom. The fourth-order valence-electron chi connectivity index (χ4n) is 1.54. The molecule has 2 rings (SSSR count). The highest BCUT2D eigenvalue weighted by molar-refractivity contribution is 5.45. The molecular formula is C10H13F3N4. The molecule has 94 valence electrons. The van der Waals surface area contributed by atoms with Crippen molar-refractivity contribution in [1.29, 1.82) is 0 Å². The van der Waals surface area contributed by atoms with Crippen LogP contribution in [0.4, 0.5) is 24.8 Å². The van der Waals surface area contributed by atoms with Crippen LogP contribution < -0.4 is 10.6 Å². The van der Waals surface area contributed by atoms with E-state index in [0.29, 0.717) is 12.4 Å². The first-order valence-corrected chi connectivity index (χ1v) is 5.38. The van der Waals surface area contributed by atoms with E-state index in [9.17, 15) is 13.2 Å². The predicted octanol–water partition coefficient (Wildman–Crippen LogP) is 2.42. The molecule has 1 heterocycles. The Morgan fingerprint density at radius 1 is 1.29 bits per heavy atom. The molecule has 4 nitrogen and oxygen atoms in total. The Hall–Kier alpha value is -1.53. The molecule has 1 aliphatic carbocycles. The van der Waals surface area contributed by atoms with Crippen molar-refractivity contribution < 1.29 is 13.2 Å². The van der Waals surface area contributed by atoms with E-state index in [4.69, 9.17) is 0 Å². The van der Waals surface area contributed by atoms with E-state index in [1.54, 1.807) is 0 Å². The minimum absolute atomic E-state index is 0.0869. The topological polar surface area (TPSA) is 49.8 Å². The van der Waals surface area contributed by atoms with E-state index < -0.39 is 11.7 Å². The second-order valence-corrected chi connectivity index (χ2v) is 4.02. The highest BCUT2D eigenvalue weighted by Gasteiger charge is 2.63. The number of alkyl halides is 3. The van der Waals surface area contributed by atoms with E-state index in [1.807, 2.05) is 6.92 Å². The summed E-state index contributed by atoms with van der Waals surface area (Å²) in [6, 6.07) is 0. The quantitative estimate of drug-likeness (QED) is 0.856. The third-order valence-electron chi connectivity index (χ3n) is 2.65. The Bertz CT molecular complexity index is 401. The number of hydrogen-bond acceptors (Lipinski definition) is 4. The smallest absolute Gasteiger partial charge is 0.369 e. The average Bonchev–Trinajstić information content (AvgIpc) is 2.99. The van der Waals surface area contributed by atoms with E-state index in [-0.39, 0.29) is 18.7 Å². The first-order chi connectivity index (χ1) is 7.97. The van der Waals surface area contributed by atoms with Crippen molar-refractivity contribution in [3.8, 4) is 0 Å². The minimum Gasteiger partial charge on any atom is -0.369 e.